The molecule has 1 nitrogen and oxygen atoms in total. The monoisotopic (exact) mass is 264 g/mol. The summed E-state index contributed by atoms with van der Waals surface area (Å²) in [5, 5.41) is 12.8. The van der Waals surface area contributed by atoms with Crippen LogP contribution in [-0.2, 0) is 13.0 Å². The molecule has 1 aliphatic heterocycles. The highest BCUT2D eigenvalue weighted by Crippen LogP contribution is 2.27. The standard InChI is InChI=1S/C14H24OSi2/c1-6-11-7-13-14(8-12(11)9-15)17(4,5)10-16(13,2)3/h7-8,15H,6,9-10H2,1-5H3. The van der Waals surface area contributed by atoms with Gasteiger partial charge >= 0.3 is 0 Å². The second-order valence-electron chi connectivity index (χ2n) is 6.62. The number of hydrogen-bond donors (Lipinski definition) is 1. The van der Waals surface area contributed by atoms with Crippen molar-refractivity contribution in [1.82, 2.24) is 0 Å². The number of benzene rings is 1. The van der Waals surface area contributed by atoms with Crippen molar-refractivity contribution in [2.24, 2.45) is 0 Å². The molecule has 0 saturated carbocycles. The molecule has 0 unspecified atom stereocenters. The van der Waals surface area contributed by atoms with Crippen molar-refractivity contribution in [3.8, 4) is 0 Å². The van der Waals surface area contributed by atoms with E-state index in [-0.39, 0.29) is 6.61 Å². The van der Waals surface area contributed by atoms with Crippen LogP contribution in [0, 0.1) is 0 Å². The SMILES string of the molecule is CCc1cc2c(cc1CO)[Si](C)(C)C[Si]2(C)C. The quantitative estimate of drug-likeness (QED) is 0.811. The second kappa shape index (κ2) is 4.07. The van der Waals surface area contributed by atoms with E-state index in [1.54, 1.807) is 10.4 Å². The molecule has 94 valence electrons. The fraction of sp³-hybridized carbons (Fsp3) is 0.571. The van der Waals surface area contributed by atoms with Crippen LogP contribution >= 0.6 is 0 Å². The molecule has 0 bridgehead atoms. The van der Waals surface area contributed by atoms with Gasteiger partial charge in [-0.2, -0.15) is 0 Å². The molecule has 1 heterocycles. The molecule has 0 aromatic heterocycles. The lowest BCUT2D eigenvalue weighted by Crippen LogP contribution is -2.44. The fourth-order valence-corrected chi connectivity index (χ4v) is 18.7. The van der Waals surface area contributed by atoms with Crippen LogP contribution in [0.4, 0.5) is 0 Å². The van der Waals surface area contributed by atoms with Crippen LogP contribution < -0.4 is 10.4 Å². The van der Waals surface area contributed by atoms with Crippen molar-refractivity contribution in [2.75, 3.05) is 0 Å². The molecule has 1 aromatic rings. The van der Waals surface area contributed by atoms with Gasteiger partial charge in [0.25, 0.3) is 0 Å². The Morgan fingerprint density at radius 1 is 1.00 bits per heavy atom. The first-order valence-corrected chi connectivity index (χ1v) is 13.0. The second-order valence-corrected chi connectivity index (χ2v) is 16.6. The molecular formula is C14H24OSi2. The average Bonchev–Trinajstić information content (AvgIpc) is 2.42. The third kappa shape index (κ3) is 2.05. The van der Waals surface area contributed by atoms with Crippen molar-refractivity contribution in [3.05, 3.63) is 23.3 Å². The smallest absolute Gasteiger partial charge is 0.0782 e. The Balaban J connectivity index is 2.67. The molecule has 0 amide bonds. The zero-order chi connectivity index (χ0) is 12.8. The van der Waals surface area contributed by atoms with Crippen molar-refractivity contribution >= 4 is 26.5 Å². The third-order valence-corrected chi connectivity index (χ3v) is 15.3. The highest BCUT2D eigenvalue weighted by Gasteiger charge is 2.44. The summed E-state index contributed by atoms with van der Waals surface area (Å²) in [6.45, 7) is 12.4. The lowest BCUT2D eigenvalue weighted by atomic mass is 10.1. The number of aryl methyl sites for hydroxylation is 1. The molecule has 0 saturated heterocycles. The molecule has 3 heteroatoms. The van der Waals surface area contributed by atoms with Crippen LogP contribution in [0.1, 0.15) is 18.1 Å². The Kier molecular flexibility index (Phi) is 3.13. The van der Waals surface area contributed by atoms with Crippen molar-refractivity contribution in [1.29, 1.82) is 0 Å². The number of aliphatic hydroxyl groups is 1. The van der Waals surface area contributed by atoms with Gasteiger partial charge in [-0.05, 0) is 17.5 Å². The Morgan fingerprint density at radius 3 is 1.88 bits per heavy atom. The lowest BCUT2D eigenvalue weighted by Gasteiger charge is -2.19. The molecule has 0 radical (unpaired) electrons. The number of hydrogen-bond acceptors (Lipinski definition) is 1. The van der Waals surface area contributed by atoms with Crippen LogP contribution in [0.3, 0.4) is 0 Å². The molecule has 0 aliphatic carbocycles. The van der Waals surface area contributed by atoms with Gasteiger partial charge in [0.15, 0.2) is 0 Å². The van der Waals surface area contributed by atoms with Crippen molar-refractivity contribution in [3.63, 3.8) is 0 Å². The van der Waals surface area contributed by atoms with Gasteiger partial charge < -0.3 is 5.11 Å². The maximum atomic E-state index is 9.51. The normalized spacial score (nSPS) is 20.4. The molecule has 0 fully saturated rings. The van der Waals surface area contributed by atoms with E-state index in [9.17, 15) is 5.11 Å². The predicted molar refractivity (Wildman–Crippen MR) is 80.8 cm³/mol. The number of rotatable bonds is 2. The summed E-state index contributed by atoms with van der Waals surface area (Å²) in [6.07, 6.45) is 1.04. The van der Waals surface area contributed by atoms with E-state index in [1.165, 1.54) is 16.8 Å². The third-order valence-electron chi connectivity index (χ3n) is 4.23. The lowest BCUT2D eigenvalue weighted by molar-refractivity contribution is 0.281. The van der Waals surface area contributed by atoms with Gasteiger partial charge in [-0.15, -0.1) is 0 Å². The zero-order valence-corrected chi connectivity index (χ0v) is 13.7. The summed E-state index contributed by atoms with van der Waals surface area (Å²) in [5.41, 5.74) is 3.99. The summed E-state index contributed by atoms with van der Waals surface area (Å²) in [4.78, 5) is 0. The highest BCUT2D eigenvalue weighted by atomic mass is 28.4. The van der Waals surface area contributed by atoms with E-state index in [0.29, 0.717) is 0 Å². The van der Waals surface area contributed by atoms with Gasteiger partial charge in [-0.1, -0.05) is 61.3 Å². The molecule has 1 aromatic carbocycles. The minimum absolute atomic E-state index is 0.197. The summed E-state index contributed by atoms with van der Waals surface area (Å²) in [7, 11) is -2.43. The minimum atomic E-state index is -1.23. The van der Waals surface area contributed by atoms with Crippen LogP contribution in [0.5, 0.6) is 0 Å². The van der Waals surface area contributed by atoms with Crippen LogP contribution in [0.15, 0.2) is 12.1 Å². The average molecular weight is 265 g/mol. The Hall–Kier alpha value is -0.386. The van der Waals surface area contributed by atoms with Gasteiger partial charge in [0.05, 0.1) is 22.8 Å². The van der Waals surface area contributed by atoms with Crippen LogP contribution in [-0.4, -0.2) is 21.3 Å². The summed E-state index contributed by atoms with van der Waals surface area (Å²) in [6, 6.07) is 4.76. The maximum absolute atomic E-state index is 9.51. The maximum Gasteiger partial charge on any atom is 0.0782 e. The molecule has 1 N–H and O–H groups in total. The van der Waals surface area contributed by atoms with Gasteiger partial charge in [-0.25, -0.2) is 0 Å². The molecular weight excluding hydrogens is 240 g/mol. The van der Waals surface area contributed by atoms with E-state index >= 15 is 0 Å². The summed E-state index contributed by atoms with van der Waals surface area (Å²) in [5.74, 6) is 0. The fourth-order valence-electron chi connectivity index (χ4n) is 3.58. The highest BCUT2D eigenvalue weighted by molar-refractivity contribution is 7.14. The molecule has 2 rings (SSSR count). The summed E-state index contributed by atoms with van der Waals surface area (Å²) < 4.78 is 0. The van der Waals surface area contributed by atoms with E-state index in [2.05, 4.69) is 45.2 Å². The largest absolute Gasteiger partial charge is 0.392 e. The molecule has 1 aliphatic rings. The first kappa shape index (κ1) is 13.1. The minimum Gasteiger partial charge on any atom is -0.392 e. The Labute approximate surface area is 107 Å². The van der Waals surface area contributed by atoms with E-state index < -0.39 is 16.1 Å². The predicted octanol–water partition coefficient (Wildman–Crippen LogP) is 2.12. The van der Waals surface area contributed by atoms with Crippen LogP contribution in [0.25, 0.3) is 0 Å². The van der Waals surface area contributed by atoms with Gasteiger partial charge in [0.1, 0.15) is 0 Å². The van der Waals surface area contributed by atoms with E-state index in [1.807, 2.05) is 0 Å². The van der Waals surface area contributed by atoms with Gasteiger partial charge in [0.2, 0.25) is 0 Å². The summed E-state index contributed by atoms with van der Waals surface area (Å²) >= 11 is 0. The van der Waals surface area contributed by atoms with Crippen molar-refractivity contribution < 1.29 is 5.11 Å². The van der Waals surface area contributed by atoms with Gasteiger partial charge in [-0.3, -0.25) is 0 Å². The molecule has 17 heavy (non-hydrogen) atoms. The molecule has 0 spiro atoms. The Bertz CT molecular complexity index is 409. The van der Waals surface area contributed by atoms with E-state index in [4.69, 9.17) is 0 Å². The van der Waals surface area contributed by atoms with Crippen LogP contribution in [0.2, 0.25) is 31.9 Å². The number of aliphatic hydroxyl groups excluding tert-OH is 1. The number of fused-ring (bicyclic) bond motifs is 1. The van der Waals surface area contributed by atoms with Crippen molar-refractivity contribution in [2.45, 2.75) is 51.8 Å². The Morgan fingerprint density at radius 2 is 1.47 bits per heavy atom. The molecule has 0 atom stereocenters. The zero-order valence-electron chi connectivity index (χ0n) is 11.7. The topological polar surface area (TPSA) is 20.2 Å². The first-order chi connectivity index (χ1) is 7.81. The first-order valence-electron chi connectivity index (χ1n) is 6.59. The van der Waals surface area contributed by atoms with E-state index in [0.717, 1.165) is 6.42 Å². The van der Waals surface area contributed by atoms with Gasteiger partial charge in [0, 0.05) is 0 Å².